The van der Waals surface area contributed by atoms with Gasteiger partial charge in [0, 0.05) is 11.8 Å². The number of H-pyrrole nitrogens is 1. The highest BCUT2D eigenvalue weighted by molar-refractivity contribution is 7.99. The molecule has 2 aromatic heterocycles. The van der Waals surface area contributed by atoms with Crippen molar-refractivity contribution in [1.82, 2.24) is 25.1 Å². The van der Waals surface area contributed by atoms with Crippen LogP contribution in [0, 0.1) is 6.92 Å². The molecule has 0 fully saturated rings. The second-order valence-electron chi connectivity index (χ2n) is 2.72. The van der Waals surface area contributed by atoms with Crippen LogP contribution < -0.4 is 11.3 Å². The Kier molecular flexibility index (Phi) is 2.79. The largest absolute Gasteiger partial charge is 0.292 e. The Hall–Kier alpha value is -1.67. The molecule has 0 aliphatic heterocycles. The van der Waals surface area contributed by atoms with Gasteiger partial charge in [0.1, 0.15) is 11.4 Å². The van der Waals surface area contributed by atoms with Gasteiger partial charge in [-0.2, -0.15) is 5.10 Å². The number of hydrazine groups is 1. The standard InChI is InChI=1S/C7H9N7S/c1-4-2-9-6(13-8)12-5(4)15-7-10-3-11-14-7/h2-3H,8H2,1H3,(H,9,12,13)(H,10,11,14). The Morgan fingerprint density at radius 1 is 1.47 bits per heavy atom. The van der Waals surface area contributed by atoms with Gasteiger partial charge in [-0.3, -0.25) is 10.5 Å². The number of nitrogens with two attached hydrogens (primary N) is 1. The molecule has 0 radical (unpaired) electrons. The van der Waals surface area contributed by atoms with Crippen molar-refractivity contribution >= 4 is 17.7 Å². The molecule has 8 heteroatoms. The van der Waals surface area contributed by atoms with Gasteiger partial charge in [-0.25, -0.2) is 20.8 Å². The summed E-state index contributed by atoms with van der Waals surface area (Å²) in [6, 6.07) is 0. The summed E-state index contributed by atoms with van der Waals surface area (Å²) in [5.41, 5.74) is 3.35. The monoisotopic (exact) mass is 223 g/mol. The highest BCUT2D eigenvalue weighted by Gasteiger charge is 2.06. The van der Waals surface area contributed by atoms with Crippen LogP contribution in [-0.4, -0.2) is 25.1 Å². The van der Waals surface area contributed by atoms with Crippen molar-refractivity contribution in [1.29, 1.82) is 0 Å². The molecule has 0 bridgehead atoms. The van der Waals surface area contributed by atoms with Gasteiger partial charge in [-0.15, -0.1) is 0 Å². The van der Waals surface area contributed by atoms with E-state index in [9.17, 15) is 0 Å². The van der Waals surface area contributed by atoms with Crippen LogP contribution in [0.1, 0.15) is 5.56 Å². The zero-order valence-electron chi connectivity index (χ0n) is 7.93. The van der Waals surface area contributed by atoms with Crippen LogP contribution in [-0.2, 0) is 0 Å². The highest BCUT2D eigenvalue weighted by atomic mass is 32.2. The lowest BCUT2D eigenvalue weighted by Crippen LogP contribution is -2.10. The molecule has 15 heavy (non-hydrogen) atoms. The third-order valence-electron chi connectivity index (χ3n) is 1.64. The highest BCUT2D eigenvalue weighted by Crippen LogP contribution is 2.25. The van der Waals surface area contributed by atoms with Crippen LogP contribution in [0.4, 0.5) is 5.95 Å². The van der Waals surface area contributed by atoms with E-state index in [1.165, 1.54) is 18.1 Å². The lowest BCUT2D eigenvalue weighted by molar-refractivity contribution is 0.951. The molecule has 2 rings (SSSR count). The second kappa shape index (κ2) is 4.24. The van der Waals surface area contributed by atoms with Gasteiger partial charge >= 0.3 is 0 Å². The molecule has 2 heterocycles. The van der Waals surface area contributed by atoms with E-state index in [4.69, 9.17) is 5.84 Å². The summed E-state index contributed by atoms with van der Waals surface area (Å²) in [5, 5.41) is 7.96. The molecule has 78 valence electrons. The topological polar surface area (TPSA) is 105 Å². The van der Waals surface area contributed by atoms with Gasteiger partial charge in [-0.1, -0.05) is 0 Å². The molecule has 0 aliphatic carbocycles. The van der Waals surface area contributed by atoms with Gasteiger partial charge in [0.25, 0.3) is 0 Å². The third-order valence-corrected chi connectivity index (χ3v) is 2.64. The molecule has 0 aromatic carbocycles. The minimum absolute atomic E-state index is 0.377. The van der Waals surface area contributed by atoms with E-state index in [-0.39, 0.29) is 0 Å². The van der Waals surface area contributed by atoms with E-state index in [2.05, 4.69) is 30.6 Å². The van der Waals surface area contributed by atoms with Gasteiger partial charge in [-0.05, 0) is 18.7 Å². The first-order valence-corrected chi connectivity index (χ1v) is 4.94. The summed E-state index contributed by atoms with van der Waals surface area (Å²) in [4.78, 5) is 12.2. The number of hydrogen-bond acceptors (Lipinski definition) is 7. The van der Waals surface area contributed by atoms with E-state index < -0.39 is 0 Å². The molecule has 4 N–H and O–H groups in total. The number of aryl methyl sites for hydroxylation is 1. The Morgan fingerprint density at radius 2 is 2.33 bits per heavy atom. The summed E-state index contributed by atoms with van der Waals surface area (Å²) < 4.78 is 0. The number of anilines is 1. The first-order valence-electron chi connectivity index (χ1n) is 4.13. The first kappa shape index (κ1) is 9.87. The maximum absolute atomic E-state index is 5.22. The first-order chi connectivity index (χ1) is 7.29. The molecule has 2 aromatic rings. The molecule has 7 nitrogen and oxygen atoms in total. The van der Waals surface area contributed by atoms with E-state index in [0.29, 0.717) is 11.1 Å². The normalized spacial score (nSPS) is 10.3. The van der Waals surface area contributed by atoms with Crippen LogP contribution in [0.25, 0.3) is 0 Å². The number of nitrogen functional groups attached to an aromatic ring is 1. The summed E-state index contributed by atoms with van der Waals surface area (Å²) in [7, 11) is 0. The summed E-state index contributed by atoms with van der Waals surface area (Å²) >= 11 is 1.37. The number of aromatic amines is 1. The van der Waals surface area contributed by atoms with Crippen LogP contribution in [0.3, 0.4) is 0 Å². The molecular formula is C7H9N7S. The van der Waals surface area contributed by atoms with E-state index in [0.717, 1.165) is 10.6 Å². The molecule has 0 amide bonds. The maximum Gasteiger partial charge on any atom is 0.238 e. The van der Waals surface area contributed by atoms with Crippen molar-refractivity contribution in [2.24, 2.45) is 5.84 Å². The fraction of sp³-hybridized carbons (Fsp3) is 0.143. The average molecular weight is 223 g/mol. The lowest BCUT2D eigenvalue weighted by atomic mass is 10.4. The average Bonchev–Trinajstić information content (AvgIpc) is 2.74. The third kappa shape index (κ3) is 2.22. The van der Waals surface area contributed by atoms with Crippen LogP contribution in [0.2, 0.25) is 0 Å². The fourth-order valence-corrected chi connectivity index (χ4v) is 1.66. The second-order valence-corrected chi connectivity index (χ2v) is 3.70. The maximum atomic E-state index is 5.22. The zero-order chi connectivity index (χ0) is 10.7. The minimum atomic E-state index is 0.377. The molecule has 0 atom stereocenters. The van der Waals surface area contributed by atoms with Gasteiger partial charge in [0.2, 0.25) is 5.95 Å². The SMILES string of the molecule is Cc1cnc(NN)nc1Sc1ncn[nH]1. The van der Waals surface area contributed by atoms with Crippen LogP contribution in [0.15, 0.2) is 22.7 Å². The van der Waals surface area contributed by atoms with Crippen molar-refractivity contribution < 1.29 is 0 Å². The molecular weight excluding hydrogens is 214 g/mol. The van der Waals surface area contributed by atoms with Crippen LogP contribution >= 0.6 is 11.8 Å². The number of aromatic nitrogens is 5. The summed E-state index contributed by atoms with van der Waals surface area (Å²) in [6.45, 7) is 1.92. The predicted molar refractivity (Wildman–Crippen MR) is 55.1 cm³/mol. The van der Waals surface area contributed by atoms with Gasteiger partial charge in [0.05, 0.1) is 0 Å². The van der Waals surface area contributed by atoms with Gasteiger partial charge in [0.15, 0.2) is 5.16 Å². The molecule has 0 saturated heterocycles. The van der Waals surface area contributed by atoms with E-state index in [1.807, 2.05) is 6.92 Å². The summed E-state index contributed by atoms with van der Waals surface area (Å²) in [6.07, 6.45) is 3.14. The number of hydrogen-bond donors (Lipinski definition) is 3. The summed E-state index contributed by atoms with van der Waals surface area (Å²) in [5.74, 6) is 5.60. The Labute approximate surface area is 89.9 Å². The fourth-order valence-electron chi connectivity index (χ4n) is 0.934. The number of nitrogens with one attached hydrogen (secondary N) is 2. The Balaban J connectivity index is 2.27. The molecule has 0 aliphatic rings. The molecule has 0 unspecified atom stereocenters. The predicted octanol–water partition coefficient (Wildman–Crippen LogP) is 0.340. The van der Waals surface area contributed by atoms with Crippen molar-refractivity contribution in [2.75, 3.05) is 5.43 Å². The van der Waals surface area contributed by atoms with Crippen molar-refractivity contribution in [2.45, 2.75) is 17.1 Å². The van der Waals surface area contributed by atoms with Crippen LogP contribution in [0.5, 0.6) is 0 Å². The molecule has 0 spiro atoms. The van der Waals surface area contributed by atoms with Crippen molar-refractivity contribution in [3.63, 3.8) is 0 Å². The van der Waals surface area contributed by atoms with Gasteiger partial charge < -0.3 is 0 Å². The quantitative estimate of drug-likeness (QED) is 0.391. The smallest absolute Gasteiger partial charge is 0.238 e. The zero-order valence-corrected chi connectivity index (χ0v) is 8.75. The Morgan fingerprint density at radius 3 is 3.00 bits per heavy atom. The number of rotatable bonds is 3. The minimum Gasteiger partial charge on any atom is -0.292 e. The van der Waals surface area contributed by atoms with E-state index in [1.54, 1.807) is 6.20 Å². The van der Waals surface area contributed by atoms with Crippen molar-refractivity contribution in [3.05, 3.63) is 18.1 Å². The lowest BCUT2D eigenvalue weighted by Gasteiger charge is -2.03. The Bertz CT molecular complexity index is 441. The molecule has 0 saturated carbocycles. The number of nitrogens with zero attached hydrogens (tertiary/aromatic N) is 4. The van der Waals surface area contributed by atoms with Crippen molar-refractivity contribution in [3.8, 4) is 0 Å². The van der Waals surface area contributed by atoms with E-state index >= 15 is 0 Å².